The Labute approximate surface area is 148 Å². The van der Waals surface area contributed by atoms with Gasteiger partial charge in [-0.3, -0.25) is 0 Å². The average molecular weight is 344 g/mol. The summed E-state index contributed by atoms with van der Waals surface area (Å²) >= 11 is 0. The van der Waals surface area contributed by atoms with Gasteiger partial charge in [0.15, 0.2) is 0 Å². The third-order valence-corrected chi connectivity index (χ3v) is 3.33. The van der Waals surface area contributed by atoms with Gasteiger partial charge < -0.3 is 18.9 Å². The lowest BCUT2D eigenvalue weighted by molar-refractivity contribution is -0.00171. The first-order valence-electron chi connectivity index (χ1n) is 8.35. The fourth-order valence-electron chi connectivity index (χ4n) is 2.05. The Kier molecular flexibility index (Phi) is 9.33. The second-order valence-corrected chi connectivity index (χ2v) is 5.26. The molecule has 0 spiro atoms. The second-order valence-electron chi connectivity index (χ2n) is 5.26. The van der Waals surface area contributed by atoms with Gasteiger partial charge in [-0.05, 0) is 17.7 Å². The highest BCUT2D eigenvalue weighted by Gasteiger charge is 2.04. The van der Waals surface area contributed by atoms with Gasteiger partial charge in [0.2, 0.25) is 0 Å². The molecule has 2 aromatic carbocycles. The van der Waals surface area contributed by atoms with Crippen LogP contribution in [0.4, 0.5) is 0 Å². The van der Waals surface area contributed by atoms with Crippen LogP contribution < -0.4 is 0 Å². The van der Waals surface area contributed by atoms with Crippen molar-refractivity contribution in [1.29, 1.82) is 0 Å². The molecule has 25 heavy (non-hydrogen) atoms. The third-order valence-electron chi connectivity index (χ3n) is 3.33. The molecular formula is C20H24O5. The molecule has 0 aliphatic carbocycles. The fourth-order valence-corrected chi connectivity index (χ4v) is 2.05. The van der Waals surface area contributed by atoms with Crippen LogP contribution in [-0.2, 0) is 25.6 Å². The molecule has 0 heterocycles. The molecule has 0 fully saturated rings. The van der Waals surface area contributed by atoms with Gasteiger partial charge in [-0.15, -0.1) is 0 Å². The summed E-state index contributed by atoms with van der Waals surface area (Å²) in [5, 5.41) is 0. The van der Waals surface area contributed by atoms with Crippen LogP contribution in [0.2, 0.25) is 0 Å². The van der Waals surface area contributed by atoms with E-state index in [9.17, 15) is 4.79 Å². The molecule has 0 unspecified atom stereocenters. The first kappa shape index (κ1) is 19.1. The van der Waals surface area contributed by atoms with Gasteiger partial charge in [0.25, 0.3) is 0 Å². The minimum Gasteiger partial charge on any atom is -0.460 e. The van der Waals surface area contributed by atoms with E-state index < -0.39 is 0 Å². The van der Waals surface area contributed by atoms with Crippen molar-refractivity contribution in [3.63, 3.8) is 0 Å². The van der Waals surface area contributed by atoms with Crippen molar-refractivity contribution < 1.29 is 23.7 Å². The van der Waals surface area contributed by atoms with E-state index in [1.54, 1.807) is 24.3 Å². The molecule has 0 aromatic heterocycles. The molecule has 5 nitrogen and oxygen atoms in total. The smallest absolute Gasteiger partial charge is 0.338 e. The molecule has 2 aromatic rings. The van der Waals surface area contributed by atoms with E-state index in [2.05, 4.69) is 0 Å². The third kappa shape index (κ3) is 8.44. The zero-order chi connectivity index (χ0) is 17.6. The number of hydrogen-bond acceptors (Lipinski definition) is 5. The number of rotatable bonds is 12. The molecule has 2 rings (SSSR count). The summed E-state index contributed by atoms with van der Waals surface area (Å²) in [4.78, 5) is 11.7. The molecule has 0 saturated carbocycles. The van der Waals surface area contributed by atoms with Gasteiger partial charge in [-0.1, -0.05) is 48.5 Å². The molecule has 0 atom stereocenters. The van der Waals surface area contributed by atoms with Crippen LogP contribution in [0.1, 0.15) is 15.9 Å². The topological polar surface area (TPSA) is 54.0 Å². The van der Waals surface area contributed by atoms with Gasteiger partial charge in [0.05, 0.1) is 45.2 Å². The number of carbonyl (C=O) groups is 1. The molecule has 0 aliphatic rings. The maximum atomic E-state index is 11.7. The minimum atomic E-state index is -0.337. The first-order valence-corrected chi connectivity index (χ1v) is 8.35. The number of esters is 1. The van der Waals surface area contributed by atoms with E-state index in [0.29, 0.717) is 45.2 Å². The molecule has 0 saturated heterocycles. The molecule has 0 amide bonds. The highest BCUT2D eigenvalue weighted by Crippen LogP contribution is 2.01. The Morgan fingerprint density at radius 2 is 1.16 bits per heavy atom. The maximum Gasteiger partial charge on any atom is 0.338 e. The predicted molar refractivity (Wildman–Crippen MR) is 94.5 cm³/mol. The van der Waals surface area contributed by atoms with Crippen LogP contribution in [-0.4, -0.2) is 45.6 Å². The van der Waals surface area contributed by atoms with Gasteiger partial charge >= 0.3 is 5.97 Å². The van der Waals surface area contributed by atoms with Crippen LogP contribution in [0, 0.1) is 0 Å². The first-order chi connectivity index (χ1) is 12.4. The van der Waals surface area contributed by atoms with Crippen LogP contribution in [0.3, 0.4) is 0 Å². The highest BCUT2D eigenvalue weighted by atomic mass is 16.6. The largest absolute Gasteiger partial charge is 0.460 e. The Bertz CT molecular complexity index is 586. The van der Waals surface area contributed by atoms with Crippen molar-refractivity contribution in [3.8, 4) is 0 Å². The summed E-state index contributed by atoms with van der Waals surface area (Å²) in [5.41, 5.74) is 1.69. The second kappa shape index (κ2) is 12.2. The van der Waals surface area contributed by atoms with Gasteiger partial charge in [-0.2, -0.15) is 0 Å². The summed E-state index contributed by atoms with van der Waals surface area (Å²) in [5.74, 6) is -0.337. The van der Waals surface area contributed by atoms with E-state index in [4.69, 9.17) is 18.9 Å². The zero-order valence-electron chi connectivity index (χ0n) is 14.3. The quantitative estimate of drug-likeness (QED) is 0.437. The van der Waals surface area contributed by atoms with Crippen molar-refractivity contribution in [2.45, 2.75) is 6.61 Å². The molecular weight excluding hydrogens is 320 g/mol. The van der Waals surface area contributed by atoms with Crippen LogP contribution in [0.15, 0.2) is 60.7 Å². The summed E-state index contributed by atoms with van der Waals surface area (Å²) in [6, 6.07) is 18.9. The molecule has 0 aliphatic heterocycles. The Hall–Kier alpha value is -2.21. The van der Waals surface area contributed by atoms with Crippen molar-refractivity contribution >= 4 is 5.97 Å². The van der Waals surface area contributed by atoms with E-state index in [-0.39, 0.29) is 12.6 Å². The van der Waals surface area contributed by atoms with Crippen molar-refractivity contribution in [1.82, 2.24) is 0 Å². The Morgan fingerprint density at radius 3 is 1.80 bits per heavy atom. The lowest BCUT2D eigenvalue weighted by Gasteiger charge is -2.07. The highest BCUT2D eigenvalue weighted by molar-refractivity contribution is 5.89. The normalized spacial score (nSPS) is 10.6. The number of hydrogen-bond donors (Lipinski definition) is 0. The van der Waals surface area contributed by atoms with Crippen molar-refractivity contribution in [3.05, 3.63) is 71.8 Å². The SMILES string of the molecule is O=C(OCCOCCOCCOCc1ccccc1)c1ccccc1. The Balaban J connectivity index is 1.37. The van der Waals surface area contributed by atoms with E-state index in [1.165, 1.54) is 0 Å². The van der Waals surface area contributed by atoms with E-state index in [0.717, 1.165) is 5.56 Å². The lowest BCUT2D eigenvalue weighted by Crippen LogP contribution is -2.14. The van der Waals surface area contributed by atoms with Gasteiger partial charge in [-0.25, -0.2) is 4.79 Å². The number of carbonyl (C=O) groups excluding carboxylic acids is 1. The van der Waals surface area contributed by atoms with Crippen LogP contribution in [0.5, 0.6) is 0 Å². The van der Waals surface area contributed by atoms with Gasteiger partial charge in [0.1, 0.15) is 6.61 Å². The monoisotopic (exact) mass is 344 g/mol. The molecule has 5 heteroatoms. The molecule has 0 N–H and O–H groups in total. The molecule has 0 radical (unpaired) electrons. The minimum absolute atomic E-state index is 0.230. The van der Waals surface area contributed by atoms with Crippen molar-refractivity contribution in [2.24, 2.45) is 0 Å². The predicted octanol–water partition coefficient (Wildman–Crippen LogP) is 3.09. The summed E-state index contributed by atoms with van der Waals surface area (Å²) in [7, 11) is 0. The summed E-state index contributed by atoms with van der Waals surface area (Å²) < 4.78 is 21.4. The summed E-state index contributed by atoms with van der Waals surface area (Å²) in [6.45, 7) is 3.19. The van der Waals surface area contributed by atoms with E-state index >= 15 is 0 Å². The van der Waals surface area contributed by atoms with Gasteiger partial charge in [0, 0.05) is 0 Å². The molecule has 0 bridgehead atoms. The average Bonchev–Trinajstić information content (AvgIpc) is 2.67. The standard InChI is InChI=1S/C20H24O5/c21-20(19-9-5-2-6-10-19)25-16-15-23-12-11-22-13-14-24-17-18-7-3-1-4-8-18/h1-10H,11-17H2. The van der Waals surface area contributed by atoms with Crippen molar-refractivity contribution in [2.75, 3.05) is 39.6 Å². The summed E-state index contributed by atoms with van der Waals surface area (Å²) in [6.07, 6.45) is 0. The number of ether oxygens (including phenoxy) is 4. The van der Waals surface area contributed by atoms with Crippen LogP contribution in [0.25, 0.3) is 0 Å². The lowest BCUT2D eigenvalue weighted by atomic mass is 10.2. The Morgan fingerprint density at radius 1 is 0.640 bits per heavy atom. The molecule has 134 valence electrons. The maximum absolute atomic E-state index is 11.7. The van der Waals surface area contributed by atoms with E-state index in [1.807, 2.05) is 36.4 Å². The van der Waals surface area contributed by atoms with Crippen LogP contribution >= 0.6 is 0 Å². The zero-order valence-corrected chi connectivity index (χ0v) is 14.3. The number of benzene rings is 2. The fraction of sp³-hybridized carbons (Fsp3) is 0.350.